The number of carboxylic acids is 1. The number of aliphatic hydroxyl groups is 1. The van der Waals surface area contributed by atoms with Crippen LogP contribution in [0.4, 0.5) is 0 Å². The summed E-state index contributed by atoms with van der Waals surface area (Å²) in [6, 6.07) is 0. The molecule has 0 saturated heterocycles. The van der Waals surface area contributed by atoms with Crippen molar-refractivity contribution in [3.05, 3.63) is 0 Å². The summed E-state index contributed by atoms with van der Waals surface area (Å²) in [4.78, 5) is 10.4. The van der Waals surface area contributed by atoms with Gasteiger partial charge in [0.2, 0.25) is 0 Å². The van der Waals surface area contributed by atoms with Crippen LogP contribution >= 0.6 is 0 Å². The van der Waals surface area contributed by atoms with Gasteiger partial charge in [-0.1, -0.05) is 90.4 Å². The number of hydrogen-bond acceptors (Lipinski definition) is 2. The maximum absolute atomic E-state index is 10.4. The van der Waals surface area contributed by atoms with E-state index in [1.807, 2.05) is 0 Å². The van der Waals surface area contributed by atoms with Crippen LogP contribution in [0.2, 0.25) is 0 Å². The van der Waals surface area contributed by atoms with E-state index >= 15 is 0 Å². The average molecular weight is 329 g/mol. The number of hydrogen-bond donors (Lipinski definition) is 2. The summed E-state index contributed by atoms with van der Waals surface area (Å²) >= 11 is 0. The summed E-state index contributed by atoms with van der Waals surface area (Å²) in [5.41, 5.74) is 0. The highest BCUT2D eigenvalue weighted by Gasteiger charge is 2.03. The number of aliphatic hydroxyl groups excluding tert-OH is 1. The molecule has 1 unspecified atom stereocenters. The van der Waals surface area contributed by atoms with Gasteiger partial charge in [0.15, 0.2) is 0 Å². The topological polar surface area (TPSA) is 57.5 Å². The first-order valence-electron chi connectivity index (χ1n) is 10.1. The molecule has 0 aliphatic carbocycles. The molecule has 0 saturated carbocycles. The third-order valence-corrected chi connectivity index (χ3v) is 4.57. The molecular weight excluding hydrogens is 288 g/mol. The van der Waals surface area contributed by atoms with Crippen LogP contribution in [0.5, 0.6) is 0 Å². The van der Waals surface area contributed by atoms with E-state index in [9.17, 15) is 9.90 Å². The number of rotatable bonds is 18. The smallest absolute Gasteiger partial charge is 0.303 e. The predicted molar refractivity (Wildman–Crippen MR) is 97.8 cm³/mol. The molecule has 0 bridgehead atoms. The van der Waals surface area contributed by atoms with Crippen LogP contribution in [-0.2, 0) is 4.79 Å². The van der Waals surface area contributed by atoms with Crippen molar-refractivity contribution in [2.45, 2.75) is 122 Å². The molecule has 0 aromatic rings. The molecule has 138 valence electrons. The lowest BCUT2D eigenvalue weighted by Crippen LogP contribution is -2.05. The zero-order valence-electron chi connectivity index (χ0n) is 15.4. The molecule has 2 N–H and O–H groups in total. The van der Waals surface area contributed by atoms with Gasteiger partial charge in [-0.2, -0.15) is 0 Å². The highest BCUT2D eigenvalue weighted by Crippen LogP contribution is 2.14. The molecule has 0 aliphatic heterocycles. The van der Waals surface area contributed by atoms with Crippen molar-refractivity contribution in [2.24, 2.45) is 0 Å². The molecular formula is C20H40O3. The molecule has 0 aromatic heterocycles. The van der Waals surface area contributed by atoms with Gasteiger partial charge in [0.25, 0.3) is 0 Å². The summed E-state index contributed by atoms with van der Waals surface area (Å²) in [5, 5.41) is 18.5. The van der Waals surface area contributed by atoms with Crippen molar-refractivity contribution in [3.63, 3.8) is 0 Å². The molecule has 0 fully saturated rings. The fourth-order valence-corrected chi connectivity index (χ4v) is 3.02. The van der Waals surface area contributed by atoms with Crippen LogP contribution in [0.1, 0.15) is 116 Å². The average Bonchev–Trinajstić information content (AvgIpc) is 2.52. The molecule has 0 heterocycles. The van der Waals surface area contributed by atoms with E-state index in [-0.39, 0.29) is 6.10 Å². The molecule has 1 atom stereocenters. The van der Waals surface area contributed by atoms with E-state index in [1.54, 1.807) is 0 Å². The van der Waals surface area contributed by atoms with Crippen molar-refractivity contribution in [3.8, 4) is 0 Å². The van der Waals surface area contributed by atoms with Crippen LogP contribution in [-0.4, -0.2) is 22.3 Å². The van der Waals surface area contributed by atoms with Gasteiger partial charge in [-0.05, 0) is 19.3 Å². The molecule has 0 aromatic carbocycles. The fourth-order valence-electron chi connectivity index (χ4n) is 3.02. The van der Waals surface area contributed by atoms with Crippen molar-refractivity contribution >= 4 is 5.97 Å². The molecule has 3 nitrogen and oxygen atoms in total. The molecule has 0 aliphatic rings. The Morgan fingerprint density at radius 3 is 1.52 bits per heavy atom. The highest BCUT2D eigenvalue weighted by molar-refractivity contribution is 5.66. The first-order valence-corrected chi connectivity index (χ1v) is 10.1. The summed E-state index contributed by atoms with van der Waals surface area (Å²) in [6.45, 7) is 2.25. The van der Waals surface area contributed by atoms with E-state index in [2.05, 4.69) is 6.92 Å². The minimum atomic E-state index is -0.681. The maximum atomic E-state index is 10.4. The van der Waals surface area contributed by atoms with E-state index in [0.717, 1.165) is 38.5 Å². The summed E-state index contributed by atoms with van der Waals surface area (Å²) in [7, 11) is 0. The van der Waals surface area contributed by atoms with Gasteiger partial charge in [0.1, 0.15) is 0 Å². The summed E-state index contributed by atoms with van der Waals surface area (Å²) in [5.74, 6) is -0.681. The van der Waals surface area contributed by atoms with Crippen LogP contribution in [0.15, 0.2) is 0 Å². The number of carbonyl (C=O) groups is 1. The minimum Gasteiger partial charge on any atom is -0.481 e. The normalized spacial score (nSPS) is 12.4. The van der Waals surface area contributed by atoms with E-state index in [1.165, 1.54) is 64.2 Å². The second-order valence-corrected chi connectivity index (χ2v) is 6.97. The molecule has 0 radical (unpaired) electrons. The Bertz CT molecular complexity index is 253. The van der Waals surface area contributed by atoms with Gasteiger partial charge in [0, 0.05) is 6.42 Å². The van der Waals surface area contributed by atoms with Crippen molar-refractivity contribution in [2.75, 3.05) is 0 Å². The second-order valence-electron chi connectivity index (χ2n) is 6.97. The van der Waals surface area contributed by atoms with Gasteiger partial charge in [-0.15, -0.1) is 0 Å². The Balaban J connectivity index is 3.15. The summed E-state index contributed by atoms with van der Waals surface area (Å²) in [6.07, 6.45) is 19.1. The largest absolute Gasteiger partial charge is 0.481 e. The number of aliphatic carboxylic acids is 1. The zero-order chi connectivity index (χ0) is 17.2. The molecule has 3 heteroatoms. The molecule has 23 heavy (non-hydrogen) atoms. The van der Waals surface area contributed by atoms with Crippen LogP contribution in [0, 0.1) is 0 Å². The van der Waals surface area contributed by atoms with Gasteiger partial charge >= 0.3 is 5.97 Å². The predicted octanol–water partition coefficient (Wildman–Crippen LogP) is 6.08. The Morgan fingerprint density at radius 2 is 1.09 bits per heavy atom. The molecule has 0 amide bonds. The second kappa shape index (κ2) is 17.8. The Labute approximate surface area is 143 Å². The zero-order valence-corrected chi connectivity index (χ0v) is 15.4. The molecule has 0 rings (SSSR count). The highest BCUT2D eigenvalue weighted by atomic mass is 16.4. The number of unbranched alkanes of at least 4 members (excludes halogenated alkanes) is 12. The van der Waals surface area contributed by atoms with Crippen molar-refractivity contribution < 1.29 is 15.0 Å². The van der Waals surface area contributed by atoms with Crippen LogP contribution in [0.25, 0.3) is 0 Å². The Morgan fingerprint density at radius 1 is 0.696 bits per heavy atom. The molecule has 0 spiro atoms. The van der Waals surface area contributed by atoms with Gasteiger partial charge in [-0.25, -0.2) is 0 Å². The monoisotopic (exact) mass is 328 g/mol. The van der Waals surface area contributed by atoms with Crippen molar-refractivity contribution in [1.82, 2.24) is 0 Å². The van der Waals surface area contributed by atoms with Gasteiger partial charge in [0.05, 0.1) is 6.10 Å². The lowest BCUT2D eigenvalue weighted by molar-refractivity contribution is -0.137. The Hall–Kier alpha value is -0.570. The van der Waals surface area contributed by atoms with E-state index in [0.29, 0.717) is 6.42 Å². The third kappa shape index (κ3) is 19.4. The third-order valence-electron chi connectivity index (χ3n) is 4.57. The lowest BCUT2D eigenvalue weighted by atomic mass is 10.0. The minimum absolute atomic E-state index is 0.0961. The van der Waals surface area contributed by atoms with Crippen molar-refractivity contribution in [1.29, 1.82) is 0 Å². The first-order chi connectivity index (χ1) is 11.2. The Kier molecular flexibility index (Phi) is 17.3. The SMILES string of the molecule is CCCCCCCCCC(O)CCCCCCCCCC(=O)O. The van der Waals surface area contributed by atoms with E-state index < -0.39 is 5.97 Å². The number of carboxylic acid groups (broad SMARTS) is 1. The van der Waals surface area contributed by atoms with Crippen LogP contribution in [0.3, 0.4) is 0 Å². The fraction of sp³-hybridized carbons (Fsp3) is 0.950. The quantitative estimate of drug-likeness (QED) is 0.300. The van der Waals surface area contributed by atoms with E-state index in [4.69, 9.17) is 5.11 Å². The van der Waals surface area contributed by atoms with Gasteiger partial charge < -0.3 is 10.2 Å². The standard InChI is InChI=1S/C20H40O3/c1-2-3-4-5-7-10-13-16-19(21)17-14-11-8-6-9-12-15-18-20(22)23/h19,21H,2-18H2,1H3,(H,22,23). The summed E-state index contributed by atoms with van der Waals surface area (Å²) < 4.78 is 0. The lowest BCUT2D eigenvalue weighted by Gasteiger charge is -2.10. The van der Waals surface area contributed by atoms with Crippen LogP contribution < -0.4 is 0 Å². The first kappa shape index (κ1) is 22.4. The van der Waals surface area contributed by atoms with Gasteiger partial charge in [-0.3, -0.25) is 4.79 Å². The maximum Gasteiger partial charge on any atom is 0.303 e.